The van der Waals surface area contributed by atoms with E-state index in [4.69, 9.17) is 0 Å². The van der Waals surface area contributed by atoms with Crippen molar-refractivity contribution in [1.82, 2.24) is 0 Å². The second-order valence-electron chi connectivity index (χ2n) is 21.2. The van der Waals surface area contributed by atoms with Crippen molar-refractivity contribution >= 4 is 61.5 Å². The van der Waals surface area contributed by atoms with Crippen molar-refractivity contribution in [1.29, 1.82) is 0 Å². The topological polar surface area (TPSA) is 0 Å². The van der Waals surface area contributed by atoms with E-state index >= 15 is 0 Å². The van der Waals surface area contributed by atoms with Gasteiger partial charge in [-0.1, -0.05) is 211 Å². The molecular weight excluding hydrogens is 821 g/mol. The predicted molar refractivity (Wildman–Crippen MR) is 290 cm³/mol. The van der Waals surface area contributed by atoms with Crippen LogP contribution in [-0.2, 0) is 10.8 Å². The van der Waals surface area contributed by atoms with Crippen molar-refractivity contribution in [2.75, 3.05) is 0 Å². The van der Waals surface area contributed by atoms with Crippen LogP contribution in [0, 0.1) is 0 Å². The highest BCUT2D eigenvalue weighted by atomic mass is 28.3. The largest absolute Gasteiger partial charge is 0.113 e. The molecule has 1 heteroatoms. The van der Waals surface area contributed by atoms with Crippen LogP contribution in [0.1, 0.15) is 49.9 Å². The molecule has 0 fully saturated rings. The normalized spacial score (nSPS) is 15.4. The minimum Gasteiger partial charge on any atom is -0.0619 e. The molecule has 1 aliphatic heterocycles. The summed E-state index contributed by atoms with van der Waals surface area (Å²) in [4.78, 5) is 0. The number of benzene rings is 11. The van der Waals surface area contributed by atoms with Crippen LogP contribution in [0.2, 0.25) is 13.1 Å². The number of hydrogen-bond donors (Lipinski definition) is 0. The molecular formula is C66H50Si. The Balaban J connectivity index is 1.04. The highest BCUT2D eigenvalue weighted by Crippen LogP contribution is 2.54. The van der Waals surface area contributed by atoms with Gasteiger partial charge in [-0.2, -0.15) is 0 Å². The minimum atomic E-state index is -2.22. The Morgan fingerprint density at radius 1 is 0.284 bits per heavy atom. The molecule has 0 bridgehead atoms. The standard InChI is InChI=1S/C66H50Si/c1-65(2)57-25-15-13-21-46(57)48-30-28-41(34-59(48)65)63-51-23-11-12-24-52(51)64(42-29-31-49-47-22-14-16-26-58(47)66(3,4)60(49)35-42)56-38-62-54(37-55(56)63)50-32-27-40(36-61(50)67(62,5)6)53-33-39-17-7-8-18-43(39)44-19-9-10-20-45(44)53/h7-38H,1-6H3. The Kier molecular flexibility index (Phi) is 7.78. The maximum absolute atomic E-state index is 2.66. The quantitative estimate of drug-likeness (QED) is 0.0943. The van der Waals surface area contributed by atoms with Crippen molar-refractivity contribution in [3.63, 3.8) is 0 Å². The van der Waals surface area contributed by atoms with Crippen molar-refractivity contribution in [3.05, 3.63) is 216 Å². The van der Waals surface area contributed by atoms with Gasteiger partial charge >= 0.3 is 0 Å². The van der Waals surface area contributed by atoms with Gasteiger partial charge in [0.1, 0.15) is 8.07 Å². The average Bonchev–Trinajstić information content (AvgIpc) is 3.83. The molecule has 0 saturated carbocycles. The molecule has 0 atom stereocenters. The SMILES string of the molecule is CC1(C)c2ccccc2-c2ccc(-c3c4ccccc4c(-c4ccc5c(c4)C(C)(C)c4ccccc4-5)c4cc5c(cc34)-c3ccc(-c4cc6ccccc6c6ccccc46)cc3[Si]5(C)C)cc21. The molecule has 1 heterocycles. The summed E-state index contributed by atoms with van der Waals surface area (Å²) in [6, 6.07) is 74.9. The first-order valence-electron chi connectivity index (χ1n) is 24.1. The lowest BCUT2D eigenvalue weighted by Gasteiger charge is -2.25. The molecule has 11 aromatic carbocycles. The molecule has 318 valence electrons. The molecule has 0 spiro atoms. The third kappa shape index (κ3) is 5.18. The van der Waals surface area contributed by atoms with Crippen molar-refractivity contribution in [2.45, 2.75) is 51.6 Å². The first-order valence-corrected chi connectivity index (χ1v) is 27.1. The smallest absolute Gasteiger partial charge is 0.0619 e. The summed E-state index contributed by atoms with van der Waals surface area (Å²) in [6.07, 6.45) is 0. The Bertz CT molecular complexity index is 4010. The van der Waals surface area contributed by atoms with E-state index in [1.54, 1.807) is 0 Å². The van der Waals surface area contributed by atoms with Crippen LogP contribution in [0.3, 0.4) is 0 Å². The Morgan fingerprint density at radius 2 is 0.731 bits per heavy atom. The molecule has 0 aromatic heterocycles. The fraction of sp³-hybridized carbons (Fsp3) is 0.121. The molecule has 0 unspecified atom stereocenters. The van der Waals surface area contributed by atoms with E-state index in [0.29, 0.717) is 0 Å². The van der Waals surface area contributed by atoms with Gasteiger partial charge < -0.3 is 0 Å². The van der Waals surface area contributed by atoms with Crippen LogP contribution in [0.15, 0.2) is 194 Å². The fourth-order valence-electron chi connectivity index (χ4n) is 13.2. The van der Waals surface area contributed by atoms with Gasteiger partial charge in [-0.25, -0.2) is 0 Å². The first-order chi connectivity index (χ1) is 32.5. The minimum absolute atomic E-state index is 0.103. The van der Waals surface area contributed by atoms with Crippen LogP contribution < -0.4 is 10.4 Å². The molecule has 2 aliphatic carbocycles. The zero-order valence-corrected chi connectivity index (χ0v) is 40.0. The summed E-state index contributed by atoms with van der Waals surface area (Å²) in [5.41, 5.74) is 21.5. The van der Waals surface area contributed by atoms with Crippen LogP contribution in [0.25, 0.3) is 110 Å². The van der Waals surface area contributed by atoms with E-state index in [1.807, 2.05) is 0 Å². The van der Waals surface area contributed by atoms with Crippen LogP contribution in [-0.4, -0.2) is 8.07 Å². The lowest BCUT2D eigenvalue weighted by Crippen LogP contribution is -2.49. The second-order valence-corrected chi connectivity index (χ2v) is 25.5. The van der Waals surface area contributed by atoms with E-state index in [9.17, 15) is 0 Å². The first kappa shape index (κ1) is 38.9. The Morgan fingerprint density at radius 3 is 1.34 bits per heavy atom. The Hall–Kier alpha value is -7.32. The predicted octanol–water partition coefficient (Wildman–Crippen LogP) is 16.7. The number of fused-ring (bicyclic) bond motifs is 14. The molecule has 0 saturated heterocycles. The molecule has 67 heavy (non-hydrogen) atoms. The van der Waals surface area contributed by atoms with Gasteiger partial charge in [-0.15, -0.1) is 0 Å². The average molecular weight is 871 g/mol. The molecule has 11 aromatic rings. The summed E-state index contributed by atoms with van der Waals surface area (Å²) < 4.78 is 0. The summed E-state index contributed by atoms with van der Waals surface area (Å²) >= 11 is 0. The number of rotatable bonds is 3. The molecule has 0 amide bonds. The van der Waals surface area contributed by atoms with E-state index in [1.165, 1.54) is 142 Å². The van der Waals surface area contributed by atoms with Crippen molar-refractivity contribution in [2.24, 2.45) is 0 Å². The Labute approximate surface area is 394 Å². The maximum atomic E-state index is 2.66. The third-order valence-corrected chi connectivity index (χ3v) is 20.2. The number of hydrogen-bond acceptors (Lipinski definition) is 0. The molecule has 0 radical (unpaired) electrons. The van der Waals surface area contributed by atoms with Crippen molar-refractivity contribution < 1.29 is 0 Å². The zero-order chi connectivity index (χ0) is 45.1. The van der Waals surface area contributed by atoms with Crippen LogP contribution in [0.4, 0.5) is 0 Å². The highest BCUT2D eigenvalue weighted by Gasteiger charge is 2.40. The van der Waals surface area contributed by atoms with Gasteiger partial charge in [0.15, 0.2) is 0 Å². The van der Waals surface area contributed by atoms with Gasteiger partial charge in [-0.05, 0) is 167 Å². The van der Waals surface area contributed by atoms with E-state index < -0.39 is 8.07 Å². The summed E-state index contributed by atoms with van der Waals surface area (Å²) in [6.45, 7) is 14.8. The highest BCUT2D eigenvalue weighted by molar-refractivity contribution is 7.04. The van der Waals surface area contributed by atoms with Gasteiger partial charge in [-0.3, -0.25) is 0 Å². The monoisotopic (exact) mass is 870 g/mol. The lowest BCUT2D eigenvalue weighted by molar-refractivity contribution is 0.660. The van der Waals surface area contributed by atoms with Gasteiger partial charge in [0.25, 0.3) is 0 Å². The second kappa shape index (κ2) is 13.4. The summed E-state index contributed by atoms with van der Waals surface area (Å²) in [5.74, 6) is 0. The van der Waals surface area contributed by atoms with Crippen LogP contribution >= 0.6 is 0 Å². The van der Waals surface area contributed by atoms with Gasteiger partial charge in [0.2, 0.25) is 0 Å². The van der Waals surface area contributed by atoms with E-state index in [0.717, 1.165) is 0 Å². The van der Waals surface area contributed by atoms with E-state index in [2.05, 4.69) is 235 Å². The zero-order valence-electron chi connectivity index (χ0n) is 39.0. The molecule has 0 N–H and O–H groups in total. The van der Waals surface area contributed by atoms with Crippen LogP contribution in [0.5, 0.6) is 0 Å². The lowest BCUT2D eigenvalue weighted by atomic mass is 9.79. The van der Waals surface area contributed by atoms with Gasteiger partial charge in [0, 0.05) is 10.8 Å². The fourth-order valence-corrected chi connectivity index (χ4v) is 16.3. The molecule has 3 aliphatic rings. The van der Waals surface area contributed by atoms with Gasteiger partial charge in [0.05, 0.1) is 0 Å². The molecule has 0 nitrogen and oxygen atoms in total. The summed E-state index contributed by atoms with van der Waals surface area (Å²) in [5, 5.41) is 13.5. The maximum Gasteiger partial charge on any atom is 0.113 e. The third-order valence-electron chi connectivity index (χ3n) is 16.6. The summed E-state index contributed by atoms with van der Waals surface area (Å²) in [7, 11) is -2.22. The van der Waals surface area contributed by atoms with Crippen molar-refractivity contribution in [3.8, 4) is 66.8 Å². The van der Waals surface area contributed by atoms with E-state index in [-0.39, 0.29) is 10.8 Å². The molecule has 14 rings (SSSR count).